The first kappa shape index (κ1) is 14.8. The van der Waals surface area contributed by atoms with Gasteiger partial charge in [-0.25, -0.2) is 4.39 Å². The van der Waals surface area contributed by atoms with Crippen LogP contribution in [0.5, 0.6) is 0 Å². The van der Waals surface area contributed by atoms with E-state index in [-0.39, 0.29) is 29.6 Å². The molecule has 0 aliphatic carbocycles. The second-order valence-corrected chi connectivity index (χ2v) is 4.43. The van der Waals surface area contributed by atoms with Crippen LogP contribution in [0.1, 0.15) is 34.5 Å². The number of hydrogen-bond donors (Lipinski definition) is 3. The molecule has 108 valence electrons. The number of nitrogens with zero attached hydrogens (tertiary/aromatic N) is 1. The molecule has 0 aliphatic heterocycles. The number of aromatic amines is 1. The Morgan fingerprint density at radius 3 is 3.00 bits per heavy atom. The monoisotopic (exact) mass is 286 g/mol. The molecule has 1 atom stereocenters. The Balaban J connectivity index is 2.11. The van der Waals surface area contributed by atoms with E-state index in [9.17, 15) is 9.18 Å². The number of hydrogen-bond acceptors (Lipinski definition) is 3. The van der Waals surface area contributed by atoms with Gasteiger partial charge in [0, 0.05) is 17.3 Å². The highest BCUT2D eigenvalue weighted by molar-refractivity contribution is 5.94. The lowest BCUT2D eigenvalue weighted by molar-refractivity contribution is 0.0939. The van der Waals surface area contributed by atoms with Gasteiger partial charge in [-0.05, 0) is 25.1 Å². The molecule has 0 bridgehead atoms. The molecule has 0 fully saturated rings. The summed E-state index contributed by atoms with van der Waals surface area (Å²) in [6, 6.07) is 3.94. The van der Waals surface area contributed by atoms with E-state index >= 15 is 0 Å². The van der Waals surface area contributed by atoms with E-state index in [2.05, 4.69) is 27.4 Å². The number of nitrogens with one attached hydrogen (secondary N) is 2. The quantitative estimate of drug-likeness (QED) is 0.745. The third-order valence-corrected chi connectivity index (χ3v) is 2.92. The molecule has 0 saturated carbocycles. The second kappa shape index (κ2) is 6.68. The van der Waals surface area contributed by atoms with E-state index in [1.165, 1.54) is 12.1 Å². The number of H-pyrrole nitrogens is 1. The molecule has 4 N–H and O–H groups in total. The molecule has 6 heteroatoms. The average Bonchev–Trinajstić information content (AvgIpc) is 3.00. The SMILES string of the molecule is CC(NC(=O)c1ccc(C#CCN)c(F)c1)c1cn[nH]c1. The highest BCUT2D eigenvalue weighted by Crippen LogP contribution is 2.13. The molecule has 21 heavy (non-hydrogen) atoms. The lowest BCUT2D eigenvalue weighted by atomic mass is 10.1. The summed E-state index contributed by atoms with van der Waals surface area (Å²) in [7, 11) is 0. The van der Waals surface area contributed by atoms with Crippen LogP contribution in [0.3, 0.4) is 0 Å². The van der Waals surface area contributed by atoms with Crippen molar-refractivity contribution in [2.75, 3.05) is 6.54 Å². The van der Waals surface area contributed by atoms with Crippen molar-refractivity contribution in [3.8, 4) is 11.8 Å². The van der Waals surface area contributed by atoms with Crippen LogP contribution in [-0.4, -0.2) is 22.6 Å². The minimum absolute atomic E-state index is 0.157. The highest BCUT2D eigenvalue weighted by atomic mass is 19.1. The number of aromatic nitrogens is 2. The fourth-order valence-corrected chi connectivity index (χ4v) is 1.76. The summed E-state index contributed by atoms with van der Waals surface area (Å²) >= 11 is 0. The van der Waals surface area contributed by atoms with E-state index in [0.29, 0.717) is 0 Å². The fourth-order valence-electron chi connectivity index (χ4n) is 1.76. The lowest BCUT2D eigenvalue weighted by Gasteiger charge is -2.12. The molecule has 0 saturated heterocycles. The third kappa shape index (κ3) is 3.68. The van der Waals surface area contributed by atoms with Crippen molar-refractivity contribution in [1.29, 1.82) is 0 Å². The second-order valence-electron chi connectivity index (χ2n) is 4.43. The van der Waals surface area contributed by atoms with E-state index in [4.69, 9.17) is 5.73 Å². The lowest BCUT2D eigenvalue weighted by Crippen LogP contribution is -2.26. The van der Waals surface area contributed by atoms with Gasteiger partial charge < -0.3 is 11.1 Å². The molecule has 1 aromatic heterocycles. The molecular weight excluding hydrogens is 271 g/mol. The zero-order chi connectivity index (χ0) is 15.2. The summed E-state index contributed by atoms with van der Waals surface area (Å²) in [5.74, 6) is 4.28. The minimum Gasteiger partial charge on any atom is -0.345 e. The Morgan fingerprint density at radius 2 is 2.38 bits per heavy atom. The molecule has 1 amide bonds. The number of halogens is 1. The van der Waals surface area contributed by atoms with E-state index in [1.54, 1.807) is 12.4 Å². The van der Waals surface area contributed by atoms with Crippen LogP contribution in [0.25, 0.3) is 0 Å². The van der Waals surface area contributed by atoms with Crippen LogP contribution in [0.2, 0.25) is 0 Å². The summed E-state index contributed by atoms with van der Waals surface area (Å²) < 4.78 is 13.8. The Hall–Kier alpha value is -2.65. The molecule has 0 spiro atoms. The standard InChI is InChI=1S/C15H15FN4O/c1-10(13-8-18-19-9-13)20-15(21)12-5-4-11(3-2-6-17)14(16)7-12/h4-5,7-10H,6,17H2,1H3,(H,18,19)(H,20,21). The largest absolute Gasteiger partial charge is 0.345 e. The zero-order valence-electron chi connectivity index (χ0n) is 11.5. The Labute approximate surface area is 121 Å². The van der Waals surface area contributed by atoms with Crippen LogP contribution >= 0.6 is 0 Å². The van der Waals surface area contributed by atoms with Crippen molar-refractivity contribution in [3.63, 3.8) is 0 Å². The maximum Gasteiger partial charge on any atom is 0.251 e. The van der Waals surface area contributed by atoms with Gasteiger partial charge in [-0.3, -0.25) is 9.89 Å². The zero-order valence-corrected chi connectivity index (χ0v) is 11.5. The molecule has 1 heterocycles. The summed E-state index contributed by atoms with van der Waals surface area (Å²) in [6.45, 7) is 1.98. The first-order valence-electron chi connectivity index (χ1n) is 6.40. The molecular formula is C15H15FN4O. The van der Waals surface area contributed by atoms with Crippen molar-refractivity contribution in [3.05, 3.63) is 53.1 Å². The van der Waals surface area contributed by atoms with Crippen molar-refractivity contribution < 1.29 is 9.18 Å². The average molecular weight is 286 g/mol. The van der Waals surface area contributed by atoms with E-state index in [1.807, 2.05) is 6.92 Å². The minimum atomic E-state index is -0.542. The molecule has 1 aromatic carbocycles. The van der Waals surface area contributed by atoms with Crippen molar-refractivity contribution in [2.45, 2.75) is 13.0 Å². The van der Waals surface area contributed by atoms with Gasteiger partial charge in [-0.15, -0.1) is 0 Å². The van der Waals surface area contributed by atoms with E-state index < -0.39 is 5.82 Å². The summed E-state index contributed by atoms with van der Waals surface area (Å²) in [5.41, 5.74) is 6.54. The Kier molecular flexibility index (Phi) is 4.69. The summed E-state index contributed by atoms with van der Waals surface area (Å²) in [4.78, 5) is 12.1. The molecule has 0 radical (unpaired) electrons. The van der Waals surface area contributed by atoms with Gasteiger partial charge >= 0.3 is 0 Å². The van der Waals surface area contributed by atoms with Crippen LogP contribution in [-0.2, 0) is 0 Å². The number of rotatable bonds is 3. The van der Waals surface area contributed by atoms with Gasteiger partial charge in [0.15, 0.2) is 0 Å². The molecule has 5 nitrogen and oxygen atoms in total. The van der Waals surface area contributed by atoms with Crippen molar-refractivity contribution in [2.24, 2.45) is 5.73 Å². The van der Waals surface area contributed by atoms with Crippen LogP contribution in [0, 0.1) is 17.7 Å². The normalized spacial score (nSPS) is 11.4. The first-order valence-corrected chi connectivity index (χ1v) is 6.40. The number of nitrogens with two attached hydrogens (primary N) is 1. The first-order chi connectivity index (χ1) is 10.1. The van der Waals surface area contributed by atoms with E-state index in [0.717, 1.165) is 11.6 Å². The van der Waals surface area contributed by atoms with Gasteiger partial charge in [0.05, 0.1) is 24.3 Å². The fraction of sp³-hybridized carbons (Fsp3) is 0.200. The predicted molar refractivity (Wildman–Crippen MR) is 76.8 cm³/mol. The number of carbonyl (C=O) groups is 1. The maximum absolute atomic E-state index is 13.8. The smallest absolute Gasteiger partial charge is 0.251 e. The summed E-state index contributed by atoms with van der Waals surface area (Å²) in [5, 5.41) is 9.26. The molecule has 2 rings (SSSR count). The third-order valence-electron chi connectivity index (χ3n) is 2.92. The Morgan fingerprint density at radius 1 is 1.57 bits per heavy atom. The summed E-state index contributed by atoms with van der Waals surface area (Å²) in [6.07, 6.45) is 3.31. The highest BCUT2D eigenvalue weighted by Gasteiger charge is 2.13. The Bertz CT molecular complexity index is 685. The predicted octanol–water partition coefficient (Wildman–Crippen LogP) is 1.35. The van der Waals surface area contributed by atoms with Gasteiger partial charge in [-0.2, -0.15) is 5.10 Å². The number of benzene rings is 1. The van der Waals surface area contributed by atoms with Crippen LogP contribution in [0.15, 0.2) is 30.6 Å². The molecule has 0 aliphatic rings. The number of carbonyl (C=O) groups excluding carboxylic acids is 1. The molecule has 1 unspecified atom stereocenters. The van der Waals surface area contributed by atoms with Gasteiger partial charge in [-0.1, -0.05) is 11.8 Å². The van der Waals surface area contributed by atoms with Crippen molar-refractivity contribution in [1.82, 2.24) is 15.5 Å². The maximum atomic E-state index is 13.8. The van der Waals surface area contributed by atoms with Crippen LogP contribution < -0.4 is 11.1 Å². The van der Waals surface area contributed by atoms with Gasteiger partial charge in [0.2, 0.25) is 0 Å². The van der Waals surface area contributed by atoms with Gasteiger partial charge in [0.25, 0.3) is 5.91 Å². The number of amides is 1. The van der Waals surface area contributed by atoms with Gasteiger partial charge in [0.1, 0.15) is 5.82 Å². The molecule has 2 aromatic rings. The topological polar surface area (TPSA) is 83.8 Å². The van der Waals surface area contributed by atoms with Crippen molar-refractivity contribution >= 4 is 5.91 Å². The van der Waals surface area contributed by atoms with Crippen LogP contribution in [0.4, 0.5) is 4.39 Å².